The van der Waals surface area contributed by atoms with Gasteiger partial charge in [0.25, 0.3) is 0 Å². The second-order valence-corrected chi connectivity index (χ2v) is 6.72. The molecule has 2 aromatic rings. The van der Waals surface area contributed by atoms with Crippen molar-refractivity contribution in [2.24, 2.45) is 21.5 Å². The van der Waals surface area contributed by atoms with Crippen LogP contribution in [0, 0.1) is 5.82 Å². The smallest absolute Gasteiger partial charge is 0.208 e. The first-order valence-electron chi connectivity index (χ1n) is 9.34. The van der Waals surface area contributed by atoms with E-state index in [-0.39, 0.29) is 11.7 Å². The standard InChI is InChI=1S/C22H25FN4O/c1-3-13-28-22-20(25)19(15-9-11-16(23)12-10-15)18(14(2)24)21(27-22)26-17-7-5-4-6-8-17/h4-12,19-20H,3,13,24-25H2,1-2H3/t19-,20-/m0/s1. The van der Waals surface area contributed by atoms with Crippen LogP contribution in [0.4, 0.5) is 10.1 Å². The Bertz CT molecular complexity index is 900. The second kappa shape index (κ2) is 8.80. The van der Waals surface area contributed by atoms with Gasteiger partial charge in [-0.1, -0.05) is 37.3 Å². The molecular formula is C22H25FN4O. The van der Waals surface area contributed by atoms with Crippen molar-refractivity contribution in [3.8, 4) is 0 Å². The maximum atomic E-state index is 13.5. The molecule has 0 fully saturated rings. The summed E-state index contributed by atoms with van der Waals surface area (Å²) in [5.41, 5.74) is 15.6. The lowest BCUT2D eigenvalue weighted by molar-refractivity contribution is 0.286. The van der Waals surface area contributed by atoms with E-state index in [2.05, 4.69) is 9.98 Å². The van der Waals surface area contributed by atoms with Crippen LogP contribution < -0.4 is 11.5 Å². The van der Waals surface area contributed by atoms with Gasteiger partial charge >= 0.3 is 0 Å². The van der Waals surface area contributed by atoms with Gasteiger partial charge in [-0.2, -0.15) is 4.99 Å². The summed E-state index contributed by atoms with van der Waals surface area (Å²) in [4.78, 5) is 9.29. The highest BCUT2D eigenvalue weighted by Crippen LogP contribution is 2.35. The number of halogens is 1. The molecule has 0 bridgehead atoms. The lowest BCUT2D eigenvalue weighted by atomic mass is 9.81. The molecule has 1 aliphatic rings. The zero-order valence-electron chi connectivity index (χ0n) is 16.1. The molecule has 0 radical (unpaired) electrons. The van der Waals surface area contributed by atoms with E-state index in [9.17, 15) is 4.39 Å². The molecule has 0 aromatic heterocycles. The average molecular weight is 380 g/mol. The highest BCUT2D eigenvalue weighted by Gasteiger charge is 2.37. The van der Waals surface area contributed by atoms with E-state index in [0.29, 0.717) is 24.0 Å². The zero-order valence-corrected chi connectivity index (χ0v) is 16.1. The summed E-state index contributed by atoms with van der Waals surface area (Å²) >= 11 is 0. The Morgan fingerprint density at radius 1 is 1.14 bits per heavy atom. The summed E-state index contributed by atoms with van der Waals surface area (Å²) in [6, 6.07) is 15.2. The van der Waals surface area contributed by atoms with Crippen molar-refractivity contribution < 1.29 is 9.13 Å². The van der Waals surface area contributed by atoms with E-state index in [1.165, 1.54) is 12.1 Å². The van der Waals surface area contributed by atoms with E-state index in [1.807, 2.05) is 37.3 Å². The molecule has 2 atom stereocenters. The number of allylic oxidation sites excluding steroid dienone is 1. The summed E-state index contributed by atoms with van der Waals surface area (Å²) in [7, 11) is 0. The Balaban J connectivity index is 2.16. The molecule has 4 N–H and O–H groups in total. The lowest BCUT2D eigenvalue weighted by Crippen LogP contribution is -2.44. The Morgan fingerprint density at radius 3 is 2.43 bits per heavy atom. The highest BCUT2D eigenvalue weighted by atomic mass is 19.1. The monoisotopic (exact) mass is 380 g/mol. The van der Waals surface area contributed by atoms with Crippen molar-refractivity contribution in [2.45, 2.75) is 32.2 Å². The number of benzene rings is 2. The summed E-state index contributed by atoms with van der Waals surface area (Å²) < 4.78 is 19.3. The maximum absolute atomic E-state index is 13.5. The fraction of sp³-hybridized carbons (Fsp3) is 0.273. The van der Waals surface area contributed by atoms with Crippen molar-refractivity contribution in [2.75, 3.05) is 6.61 Å². The lowest BCUT2D eigenvalue weighted by Gasteiger charge is -2.32. The molecule has 146 valence electrons. The minimum Gasteiger partial charge on any atom is -0.480 e. The predicted octanol–water partition coefficient (Wildman–Crippen LogP) is 4.04. The van der Waals surface area contributed by atoms with Crippen molar-refractivity contribution in [1.29, 1.82) is 0 Å². The van der Waals surface area contributed by atoms with Crippen molar-refractivity contribution in [1.82, 2.24) is 0 Å². The first kappa shape index (κ1) is 19.8. The molecule has 0 amide bonds. The molecule has 1 heterocycles. The van der Waals surface area contributed by atoms with Gasteiger partial charge in [0.2, 0.25) is 5.90 Å². The molecule has 3 rings (SSSR count). The molecule has 6 heteroatoms. The fourth-order valence-corrected chi connectivity index (χ4v) is 3.21. The topological polar surface area (TPSA) is 86.0 Å². The summed E-state index contributed by atoms with van der Waals surface area (Å²) in [6.07, 6.45) is 0.830. The fourth-order valence-electron chi connectivity index (χ4n) is 3.21. The van der Waals surface area contributed by atoms with Gasteiger partial charge in [-0.15, -0.1) is 0 Å². The Morgan fingerprint density at radius 2 is 1.82 bits per heavy atom. The minimum absolute atomic E-state index is 0.308. The van der Waals surface area contributed by atoms with Gasteiger partial charge in [0, 0.05) is 17.2 Å². The van der Waals surface area contributed by atoms with Crippen LogP contribution in [0.15, 0.2) is 75.9 Å². The van der Waals surface area contributed by atoms with E-state index >= 15 is 0 Å². The van der Waals surface area contributed by atoms with Gasteiger partial charge in [0.15, 0.2) is 5.84 Å². The SMILES string of the molecule is CCCOC1=NC(=Nc2ccccc2)C(=C(C)N)[C@H](c2ccc(F)cc2)[C@@H]1N. The third-order valence-electron chi connectivity index (χ3n) is 4.51. The van der Waals surface area contributed by atoms with E-state index in [1.54, 1.807) is 19.1 Å². The van der Waals surface area contributed by atoms with Crippen molar-refractivity contribution >= 4 is 17.4 Å². The van der Waals surface area contributed by atoms with Crippen LogP contribution in [0.25, 0.3) is 0 Å². The Kier molecular flexibility index (Phi) is 6.21. The van der Waals surface area contributed by atoms with Gasteiger partial charge < -0.3 is 16.2 Å². The molecule has 0 saturated heterocycles. The molecular weight excluding hydrogens is 355 g/mol. The number of nitrogens with two attached hydrogens (primary N) is 2. The van der Waals surface area contributed by atoms with Crippen LogP contribution in [0.5, 0.6) is 0 Å². The summed E-state index contributed by atoms with van der Waals surface area (Å²) in [5, 5.41) is 0. The molecule has 0 saturated carbocycles. The van der Waals surface area contributed by atoms with Gasteiger partial charge in [0.1, 0.15) is 5.82 Å². The number of nitrogens with zero attached hydrogens (tertiary/aromatic N) is 2. The first-order chi connectivity index (χ1) is 13.5. The largest absolute Gasteiger partial charge is 0.480 e. The van der Waals surface area contributed by atoms with Crippen LogP contribution in [-0.4, -0.2) is 24.4 Å². The Labute approximate surface area is 164 Å². The van der Waals surface area contributed by atoms with Crippen molar-refractivity contribution in [3.05, 3.63) is 77.2 Å². The zero-order chi connectivity index (χ0) is 20.1. The molecule has 1 aliphatic heterocycles. The number of hydrogen-bond donors (Lipinski definition) is 2. The molecule has 5 nitrogen and oxygen atoms in total. The number of amidine groups is 1. The van der Waals surface area contributed by atoms with Crippen LogP contribution in [-0.2, 0) is 4.74 Å². The average Bonchev–Trinajstić information content (AvgIpc) is 2.69. The molecule has 0 aliphatic carbocycles. The number of rotatable bonds is 4. The number of hydrogen-bond acceptors (Lipinski definition) is 4. The van der Waals surface area contributed by atoms with Crippen LogP contribution in [0.3, 0.4) is 0 Å². The van der Waals surface area contributed by atoms with Gasteiger partial charge in [-0.3, -0.25) is 0 Å². The summed E-state index contributed by atoms with van der Waals surface area (Å²) in [5.74, 6) is 0.235. The van der Waals surface area contributed by atoms with Crippen LogP contribution >= 0.6 is 0 Å². The molecule has 28 heavy (non-hydrogen) atoms. The number of ether oxygens (including phenoxy) is 1. The minimum atomic E-state index is -0.541. The van der Waals surface area contributed by atoms with Crippen LogP contribution in [0.2, 0.25) is 0 Å². The highest BCUT2D eigenvalue weighted by molar-refractivity contribution is 6.12. The van der Waals surface area contributed by atoms with Crippen LogP contribution in [0.1, 0.15) is 31.7 Å². The van der Waals surface area contributed by atoms with Crippen molar-refractivity contribution in [3.63, 3.8) is 0 Å². The summed E-state index contributed by atoms with van der Waals surface area (Å²) in [6.45, 7) is 4.31. The first-order valence-corrected chi connectivity index (χ1v) is 9.34. The quantitative estimate of drug-likeness (QED) is 0.839. The van der Waals surface area contributed by atoms with E-state index in [0.717, 1.165) is 23.2 Å². The molecule has 0 unspecified atom stereocenters. The van der Waals surface area contributed by atoms with Gasteiger partial charge in [-0.25, -0.2) is 9.38 Å². The van der Waals surface area contributed by atoms with Gasteiger partial charge in [-0.05, 0) is 43.2 Å². The van der Waals surface area contributed by atoms with Gasteiger partial charge in [0.05, 0.1) is 18.3 Å². The number of aliphatic imine (C=N–C) groups is 2. The third kappa shape index (κ3) is 4.28. The Hall–Kier alpha value is -2.99. The molecule has 0 spiro atoms. The third-order valence-corrected chi connectivity index (χ3v) is 4.51. The van der Waals surface area contributed by atoms with E-state index < -0.39 is 6.04 Å². The normalized spacial score (nSPS) is 22.7. The van der Waals surface area contributed by atoms with E-state index in [4.69, 9.17) is 16.2 Å². The maximum Gasteiger partial charge on any atom is 0.208 e. The molecule has 2 aromatic carbocycles. The number of para-hydroxylation sites is 1. The second-order valence-electron chi connectivity index (χ2n) is 6.72. The predicted molar refractivity (Wildman–Crippen MR) is 111 cm³/mol.